The maximum atomic E-state index is 12.8. The van der Waals surface area contributed by atoms with Gasteiger partial charge in [-0.05, 0) is 44.0 Å². The van der Waals surface area contributed by atoms with E-state index in [4.69, 9.17) is 9.47 Å². The number of methoxy groups -OCH3 is 1. The van der Waals surface area contributed by atoms with Crippen LogP contribution in [0.3, 0.4) is 0 Å². The van der Waals surface area contributed by atoms with Crippen molar-refractivity contribution in [3.8, 4) is 6.07 Å². The lowest BCUT2D eigenvalue weighted by atomic mass is 9.93. The molecule has 32 heavy (non-hydrogen) atoms. The average molecular weight is 436 g/mol. The van der Waals surface area contributed by atoms with Gasteiger partial charge in [-0.25, -0.2) is 4.79 Å². The number of amides is 1. The van der Waals surface area contributed by atoms with Gasteiger partial charge in [-0.1, -0.05) is 42.5 Å². The Labute approximate surface area is 189 Å². The molecule has 7 nitrogen and oxygen atoms in total. The third-order valence-corrected chi connectivity index (χ3v) is 5.33. The summed E-state index contributed by atoms with van der Waals surface area (Å²) in [4.78, 5) is 29.1. The van der Waals surface area contributed by atoms with Crippen LogP contribution in [0.4, 0.5) is 4.79 Å². The molecule has 3 rings (SSSR count). The summed E-state index contributed by atoms with van der Waals surface area (Å²) in [5.74, 6) is -0.421. The van der Waals surface area contributed by atoms with Crippen LogP contribution in [0.1, 0.15) is 43.5 Å². The van der Waals surface area contributed by atoms with Crippen LogP contribution < -0.4 is 0 Å². The first-order valence-electron chi connectivity index (χ1n) is 10.6. The highest BCUT2D eigenvalue weighted by molar-refractivity contribution is 5.78. The van der Waals surface area contributed by atoms with Crippen molar-refractivity contribution >= 4 is 12.1 Å². The molecular weight excluding hydrogens is 406 g/mol. The van der Waals surface area contributed by atoms with Crippen LogP contribution in [-0.4, -0.2) is 60.2 Å². The van der Waals surface area contributed by atoms with Crippen LogP contribution in [0, 0.1) is 11.3 Å². The van der Waals surface area contributed by atoms with Gasteiger partial charge in [0.25, 0.3) is 0 Å². The van der Waals surface area contributed by atoms with Crippen molar-refractivity contribution in [2.24, 2.45) is 0 Å². The second-order valence-corrected chi connectivity index (χ2v) is 8.75. The second-order valence-electron chi connectivity index (χ2n) is 8.75. The Bertz CT molecular complexity index is 994. The fourth-order valence-electron chi connectivity index (χ4n) is 3.93. The summed E-state index contributed by atoms with van der Waals surface area (Å²) < 4.78 is 10.6. The van der Waals surface area contributed by atoms with E-state index in [1.807, 2.05) is 74.2 Å². The summed E-state index contributed by atoms with van der Waals surface area (Å²) in [7, 11) is 1.35. The Morgan fingerprint density at radius 3 is 2.38 bits per heavy atom. The van der Waals surface area contributed by atoms with E-state index in [2.05, 4.69) is 6.07 Å². The molecule has 1 saturated heterocycles. The molecule has 1 aliphatic rings. The average Bonchev–Trinajstić information content (AvgIpc) is 2.78. The van der Waals surface area contributed by atoms with E-state index < -0.39 is 23.7 Å². The number of benzene rings is 2. The van der Waals surface area contributed by atoms with Gasteiger partial charge >= 0.3 is 12.1 Å². The minimum atomic E-state index is -0.683. The number of carbonyl (C=O) groups excluding carboxylic acids is 2. The van der Waals surface area contributed by atoms with Gasteiger partial charge in [0.05, 0.1) is 31.3 Å². The summed E-state index contributed by atoms with van der Waals surface area (Å²) >= 11 is 0. The van der Waals surface area contributed by atoms with E-state index in [-0.39, 0.29) is 12.6 Å². The molecule has 0 aliphatic carbocycles. The number of carbonyl (C=O) groups is 2. The lowest BCUT2D eigenvalue weighted by Gasteiger charge is -2.44. The molecule has 7 heteroatoms. The van der Waals surface area contributed by atoms with Gasteiger partial charge in [-0.15, -0.1) is 0 Å². The molecule has 2 aromatic rings. The monoisotopic (exact) mass is 435 g/mol. The standard InChI is InChI=1S/C25H29N3O4/c1-25(2,3)32-24(30)27-13-14-28(21(17-27)23(29)31-4)22(19-10-6-5-7-11-19)20-12-8-9-18(15-20)16-26/h5-12,15,21-22H,13-14,17H2,1-4H3/t21-,22?/m0/s1. The first-order chi connectivity index (χ1) is 15.2. The van der Waals surface area contributed by atoms with Crippen LogP contribution in [-0.2, 0) is 14.3 Å². The normalized spacial score (nSPS) is 17.8. The third kappa shape index (κ3) is 5.45. The van der Waals surface area contributed by atoms with Gasteiger partial charge < -0.3 is 14.4 Å². The molecule has 1 unspecified atom stereocenters. The van der Waals surface area contributed by atoms with Crippen LogP contribution in [0.5, 0.6) is 0 Å². The van der Waals surface area contributed by atoms with E-state index in [9.17, 15) is 14.9 Å². The van der Waals surface area contributed by atoms with E-state index in [0.29, 0.717) is 18.7 Å². The van der Waals surface area contributed by atoms with Crippen LogP contribution >= 0.6 is 0 Å². The molecule has 1 fully saturated rings. The molecule has 2 atom stereocenters. The third-order valence-electron chi connectivity index (χ3n) is 5.33. The predicted molar refractivity (Wildman–Crippen MR) is 120 cm³/mol. The minimum Gasteiger partial charge on any atom is -0.468 e. The van der Waals surface area contributed by atoms with Crippen LogP contribution in [0.2, 0.25) is 0 Å². The number of hydrogen-bond donors (Lipinski definition) is 0. The molecule has 0 radical (unpaired) electrons. The predicted octanol–water partition coefficient (Wildman–Crippen LogP) is 3.74. The van der Waals surface area contributed by atoms with Crippen molar-refractivity contribution in [2.75, 3.05) is 26.7 Å². The molecule has 1 heterocycles. The minimum absolute atomic E-state index is 0.156. The second kappa shape index (κ2) is 9.84. The van der Waals surface area contributed by atoms with Crippen molar-refractivity contribution in [1.29, 1.82) is 5.26 Å². The van der Waals surface area contributed by atoms with Gasteiger partial charge in [0.1, 0.15) is 11.6 Å². The molecule has 0 aromatic heterocycles. The van der Waals surface area contributed by atoms with Gasteiger partial charge in [-0.3, -0.25) is 9.69 Å². The van der Waals surface area contributed by atoms with Crippen molar-refractivity contribution in [1.82, 2.24) is 9.80 Å². The van der Waals surface area contributed by atoms with Gasteiger partial charge in [0.15, 0.2) is 0 Å². The summed E-state index contributed by atoms with van der Waals surface area (Å²) in [6.07, 6.45) is -0.450. The van der Waals surface area contributed by atoms with E-state index in [0.717, 1.165) is 11.1 Å². The van der Waals surface area contributed by atoms with E-state index >= 15 is 0 Å². The first-order valence-corrected chi connectivity index (χ1v) is 10.6. The summed E-state index contributed by atoms with van der Waals surface area (Å²) in [6.45, 7) is 6.44. The molecule has 0 spiro atoms. The Kier molecular flexibility index (Phi) is 7.16. The molecule has 0 N–H and O–H groups in total. The maximum Gasteiger partial charge on any atom is 0.410 e. The number of rotatable bonds is 4. The van der Waals surface area contributed by atoms with Gasteiger partial charge in [0, 0.05) is 13.1 Å². The first kappa shape index (κ1) is 23.3. The summed E-state index contributed by atoms with van der Waals surface area (Å²) in [5, 5.41) is 9.40. The number of hydrogen-bond acceptors (Lipinski definition) is 6. The largest absolute Gasteiger partial charge is 0.468 e. The SMILES string of the molecule is COC(=O)[C@@H]1CN(C(=O)OC(C)(C)C)CCN1C(c1ccccc1)c1cccc(C#N)c1. The molecular formula is C25H29N3O4. The topological polar surface area (TPSA) is 82.9 Å². The van der Waals surface area contributed by atoms with Crippen molar-refractivity contribution < 1.29 is 19.1 Å². The van der Waals surface area contributed by atoms with Crippen molar-refractivity contribution in [2.45, 2.75) is 38.5 Å². The molecule has 1 aliphatic heterocycles. The summed E-state index contributed by atoms with van der Waals surface area (Å²) in [6, 6.07) is 18.4. The maximum absolute atomic E-state index is 12.8. The molecule has 0 bridgehead atoms. The van der Waals surface area contributed by atoms with Crippen molar-refractivity contribution in [3.63, 3.8) is 0 Å². The number of nitrogens with zero attached hydrogens (tertiary/aromatic N) is 3. The highest BCUT2D eigenvalue weighted by atomic mass is 16.6. The van der Waals surface area contributed by atoms with Crippen LogP contribution in [0.25, 0.3) is 0 Å². The number of ether oxygens (including phenoxy) is 2. The fraction of sp³-hybridized carbons (Fsp3) is 0.400. The zero-order chi connectivity index (χ0) is 23.3. The lowest BCUT2D eigenvalue weighted by molar-refractivity contribution is -0.150. The lowest BCUT2D eigenvalue weighted by Crippen LogP contribution is -2.59. The highest BCUT2D eigenvalue weighted by Crippen LogP contribution is 2.33. The number of piperazine rings is 1. The van der Waals surface area contributed by atoms with Gasteiger partial charge in [-0.2, -0.15) is 5.26 Å². The number of esters is 1. The Morgan fingerprint density at radius 1 is 1.06 bits per heavy atom. The fourth-order valence-corrected chi connectivity index (χ4v) is 3.93. The molecule has 2 aromatic carbocycles. The van der Waals surface area contributed by atoms with E-state index in [1.165, 1.54) is 7.11 Å². The highest BCUT2D eigenvalue weighted by Gasteiger charge is 2.40. The van der Waals surface area contributed by atoms with Crippen LogP contribution in [0.15, 0.2) is 54.6 Å². The zero-order valence-corrected chi connectivity index (χ0v) is 18.9. The Balaban J connectivity index is 1.99. The molecule has 0 saturated carbocycles. The Morgan fingerprint density at radius 2 is 1.75 bits per heavy atom. The smallest absolute Gasteiger partial charge is 0.410 e. The summed E-state index contributed by atoms with van der Waals surface area (Å²) in [5.41, 5.74) is 1.81. The quantitative estimate of drug-likeness (QED) is 0.681. The molecule has 1 amide bonds. The zero-order valence-electron chi connectivity index (χ0n) is 18.9. The van der Waals surface area contributed by atoms with E-state index in [1.54, 1.807) is 11.0 Å². The molecule has 168 valence electrons. The van der Waals surface area contributed by atoms with Crippen molar-refractivity contribution in [3.05, 3.63) is 71.3 Å². The van der Waals surface area contributed by atoms with Gasteiger partial charge in [0.2, 0.25) is 0 Å². The number of nitriles is 1. The Hall–Kier alpha value is -3.37.